The highest BCUT2D eigenvalue weighted by molar-refractivity contribution is 6.13. The maximum atomic E-state index is 9.66. The predicted octanol–water partition coefficient (Wildman–Crippen LogP) is 1.67. The van der Waals surface area contributed by atoms with E-state index in [1.165, 1.54) is 6.42 Å². The lowest BCUT2D eigenvalue weighted by atomic mass is 9.73. The van der Waals surface area contributed by atoms with E-state index in [1.807, 2.05) is 0 Å². The van der Waals surface area contributed by atoms with Crippen molar-refractivity contribution in [2.24, 2.45) is 5.41 Å². The van der Waals surface area contributed by atoms with E-state index < -0.39 is 0 Å². The summed E-state index contributed by atoms with van der Waals surface area (Å²) in [4.78, 5) is 2.62. The van der Waals surface area contributed by atoms with Crippen LogP contribution in [0, 0.1) is 5.41 Å². The monoisotopic (exact) mass is 177 g/mol. The van der Waals surface area contributed by atoms with Gasteiger partial charge in [0.15, 0.2) is 0 Å². The van der Waals surface area contributed by atoms with Gasteiger partial charge in [-0.15, -0.1) is 0 Å². The zero-order valence-corrected chi connectivity index (χ0v) is 7.69. The van der Waals surface area contributed by atoms with Crippen molar-refractivity contribution in [2.75, 3.05) is 6.54 Å². The average Bonchev–Trinajstić information content (AvgIpc) is 1.96. The van der Waals surface area contributed by atoms with E-state index in [0.717, 1.165) is 19.3 Å². The molecule has 2 atom stereocenters. The molecule has 0 aliphatic heterocycles. The summed E-state index contributed by atoms with van der Waals surface area (Å²) in [5, 5.41) is 9.66. The van der Waals surface area contributed by atoms with Crippen LogP contribution in [-0.2, 0) is 0 Å². The summed E-state index contributed by atoms with van der Waals surface area (Å²) in [6.45, 7) is 2.79. The van der Waals surface area contributed by atoms with Gasteiger partial charge in [-0.3, -0.25) is 0 Å². The summed E-state index contributed by atoms with van der Waals surface area (Å²) in [5.41, 5.74) is 0. The maximum Gasteiger partial charge on any atom is 0.0606 e. The van der Waals surface area contributed by atoms with Gasteiger partial charge in [0.1, 0.15) is 0 Å². The lowest BCUT2D eigenvalue weighted by Crippen LogP contribution is -2.41. The molecule has 11 heavy (non-hydrogen) atoms. The van der Waals surface area contributed by atoms with Crippen LogP contribution in [0.5, 0.6) is 0 Å². The Kier molecular flexibility index (Phi) is 3.16. The smallest absolute Gasteiger partial charge is 0.0606 e. The molecule has 1 saturated carbocycles. The van der Waals surface area contributed by atoms with Crippen LogP contribution in [0.25, 0.3) is 0 Å². The van der Waals surface area contributed by atoms with Crippen LogP contribution in [0.2, 0.25) is 0 Å². The van der Waals surface area contributed by atoms with Gasteiger partial charge in [0, 0.05) is 12.0 Å². The van der Waals surface area contributed by atoms with E-state index in [2.05, 4.69) is 11.8 Å². The molecule has 0 aromatic rings. The Morgan fingerprint density at radius 3 is 2.91 bits per heavy atom. The van der Waals surface area contributed by atoms with Crippen molar-refractivity contribution < 1.29 is 5.11 Å². The van der Waals surface area contributed by atoms with Gasteiger partial charge in [-0.1, -0.05) is 19.8 Å². The summed E-state index contributed by atoms with van der Waals surface area (Å²) >= 11 is 5.43. The van der Waals surface area contributed by atoms with Crippen molar-refractivity contribution in [3.63, 3.8) is 0 Å². The molecular weight excluding hydrogens is 162 g/mol. The molecule has 0 spiro atoms. The van der Waals surface area contributed by atoms with Crippen molar-refractivity contribution in [1.82, 2.24) is 4.84 Å². The van der Waals surface area contributed by atoms with Crippen LogP contribution in [0.4, 0.5) is 0 Å². The van der Waals surface area contributed by atoms with Crippen LogP contribution < -0.4 is 4.84 Å². The second-order valence-electron chi connectivity index (χ2n) is 3.73. The predicted molar refractivity (Wildman–Crippen MR) is 46.4 cm³/mol. The van der Waals surface area contributed by atoms with Gasteiger partial charge in [0.2, 0.25) is 0 Å². The fraction of sp³-hybridized carbons (Fsp3) is 1.00. The van der Waals surface area contributed by atoms with Crippen LogP contribution in [0.1, 0.15) is 32.6 Å². The Bertz CT molecular complexity index is 127. The van der Waals surface area contributed by atoms with Crippen molar-refractivity contribution >= 4 is 11.8 Å². The molecule has 0 aromatic carbocycles. The zero-order valence-electron chi connectivity index (χ0n) is 6.94. The van der Waals surface area contributed by atoms with Crippen LogP contribution >= 0.6 is 11.8 Å². The molecule has 0 radical (unpaired) electrons. The van der Waals surface area contributed by atoms with Gasteiger partial charge in [0.05, 0.1) is 6.10 Å². The zero-order chi connectivity index (χ0) is 8.32. The molecule has 0 aromatic heterocycles. The Morgan fingerprint density at radius 2 is 2.36 bits per heavy atom. The maximum absolute atomic E-state index is 9.66. The summed E-state index contributed by atoms with van der Waals surface area (Å²) in [5.74, 6) is 0. The Morgan fingerprint density at radius 1 is 1.64 bits per heavy atom. The second kappa shape index (κ2) is 3.74. The first-order valence-corrected chi connectivity index (χ1v) is 4.58. The van der Waals surface area contributed by atoms with Gasteiger partial charge in [0.25, 0.3) is 0 Å². The number of aliphatic hydroxyl groups excluding tert-OH is 1. The van der Waals surface area contributed by atoms with E-state index in [4.69, 9.17) is 11.8 Å². The van der Waals surface area contributed by atoms with Gasteiger partial charge in [-0.2, -0.15) is 0 Å². The van der Waals surface area contributed by atoms with Crippen molar-refractivity contribution in [3.05, 3.63) is 0 Å². The van der Waals surface area contributed by atoms with E-state index in [1.54, 1.807) is 0 Å². The molecule has 0 saturated heterocycles. The number of hydrogen-bond acceptors (Lipinski definition) is 2. The topological polar surface area (TPSA) is 32.3 Å². The minimum Gasteiger partial charge on any atom is -0.393 e. The first-order valence-electron chi connectivity index (χ1n) is 4.20. The number of rotatable bonds is 2. The minimum atomic E-state index is -0.178. The Hall–Kier alpha value is 0.210. The number of hydrogen-bond donors (Lipinski definition) is 2. The quantitative estimate of drug-likeness (QED) is 0.629. The van der Waals surface area contributed by atoms with Gasteiger partial charge in [-0.25, -0.2) is 4.84 Å². The number of nitrogens with one attached hydrogen (secondary N) is 1. The largest absolute Gasteiger partial charge is 0.393 e. The van der Waals surface area contributed by atoms with Crippen LogP contribution in [0.3, 0.4) is 0 Å². The van der Waals surface area contributed by atoms with Crippen molar-refractivity contribution in [1.29, 1.82) is 0 Å². The van der Waals surface area contributed by atoms with E-state index in [9.17, 15) is 5.11 Å². The highest BCUT2D eigenvalue weighted by Gasteiger charge is 2.34. The second-order valence-corrected chi connectivity index (χ2v) is 3.99. The molecule has 2 nitrogen and oxygen atoms in total. The Labute approximate surface area is 73.0 Å². The molecule has 3 heteroatoms. The highest BCUT2D eigenvalue weighted by atomic mass is 35.5. The molecule has 0 unspecified atom stereocenters. The van der Waals surface area contributed by atoms with E-state index >= 15 is 0 Å². The van der Waals surface area contributed by atoms with E-state index in [0.29, 0.717) is 6.54 Å². The van der Waals surface area contributed by atoms with Crippen LogP contribution in [0.15, 0.2) is 0 Å². The molecule has 1 aliphatic rings. The minimum absolute atomic E-state index is 0. The normalized spacial score (nSPS) is 39.0. The number of halogens is 1. The molecule has 1 aliphatic carbocycles. The molecule has 1 rings (SSSR count). The molecule has 2 N–H and O–H groups in total. The van der Waals surface area contributed by atoms with E-state index in [-0.39, 0.29) is 11.5 Å². The van der Waals surface area contributed by atoms with Gasteiger partial charge >= 0.3 is 0 Å². The third kappa shape index (κ3) is 2.08. The standard InChI is InChI=1S/C8H16ClNO/c1-8(6-10-9)5-3-2-4-7(8)11/h7,10-11H,2-6H2,1H3/t7-,8+/m1/s1. The average molecular weight is 178 g/mol. The van der Waals surface area contributed by atoms with Crippen molar-refractivity contribution in [3.8, 4) is 0 Å². The first-order chi connectivity index (χ1) is 5.19. The SMILES string of the molecule is C[C@@]1(CNCl)CCCC[C@H]1O. The molecule has 0 amide bonds. The van der Waals surface area contributed by atoms with Crippen molar-refractivity contribution in [2.45, 2.75) is 38.7 Å². The highest BCUT2D eigenvalue weighted by Crippen LogP contribution is 2.35. The fourth-order valence-electron chi connectivity index (χ4n) is 1.74. The fourth-order valence-corrected chi connectivity index (χ4v) is 2.05. The van der Waals surface area contributed by atoms with Gasteiger partial charge in [-0.05, 0) is 24.6 Å². The summed E-state index contributed by atoms with van der Waals surface area (Å²) in [6, 6.07) is 0. The third-order valence-corrected chi connectivity index (χ3v) is 2.88. The summed E-state index contributed by atoms with van der Waals surface area (Å²) in [7, 11) is 0. The lowest BCUT2D eigenvalue weighted by molar-refractivity contribution is 0.00468. The van der Waals surface area contributed by atoms with Crippen LogP contribution in [-0.4, -0.2) is 17.8 Å². The molecule has 0 bridgehead atoms. The lowest BCUT2D eigenvalue weighted by Gasteiger charge is -2.37. The molecule has 1 fully saturated rings. The third-order valence-electron chi connectivity index (χ3n) is 2.75. The molecule has 0 heterocycles. The first kappa shape index (κ1) is 9.30. The molecular formula is C8H16ClNO. The summed E-state index contributed by atoms with van der Waals surface area (Å²) < 4.78 is 0. The summed E-state index contributed by atoms with van der Waals surface area (Å²) in [6.07, 6.45) is 4.19. The number of aliphatic hydroxyl groups is 1. The Balaban J connectivity index is 2.49. The molecule has 66 valence electrons. The van der Waals surface area contributed by atoms with Gasteiger partial charge < -0.3 is 5.11 Å².